The first-order chi connectivity index (χ1) is 13.5. The SMILES string of the molecule is O=C(COC(=O)COc1ccc(Cl)cc1)Nc1cccc(N2CCCC2=O)c1. The van der Waals surface area contributed by atoms with Crippen LogP contribution in [0.1, 0.15) is 12.8 Å². The van der Waals surface area contributed by atoms with E-state index in [1.165, 1.54) is 0 Å². The van der Waals surface area contributed by atoms with Gasteiger partial charge in [0.25, 0.3) is 5.91 Å². The van der Waals surface area contributed by atoms with Gasteiger partial charge in [-0.1, -0.05) is 17.7 Å². The largest absolute Gasteiger partial charge is 0.482 e. The highest BCUT2D eigenvalue weighted by atomic mass is 35.5. The van der Waals surface area contributed by atoms with Crippen LogP contribution in [0.5, 0.6) is 5.75 Å². The molecule has 1 fully saturated rings. The summed E-state index contributed by atoms with van der Waals surface area (Å²) in [6.07, 6.45) is 1.36. The average molecular weight is 403 g/mol. The van der Waals surface area contributed by atoms with Gasteiger partial charge in [0.2, 0.25) is 5.91 Å². The summed E-state index contributed by atoms with van der Waals surface area (Å²) in [5.41, 5.74) is 1.25. The Kier molecular flexibility index (Phi) is 6.49. The van der Waals surface area contributed by atoms with Crippen molar-refractivity contribution in [3.8, 4) is 5.75 Å². The predicted molar refractivity (Wildman–Crippen MR) is 105 cm³/mol. The maximum absolute atomic E-state index is 12.0. The molecule has 28 heavy (non-hydrogen) atoms. The summed E-state index contributed by atoms with van der Waals surface area (Å²) in [4.78, 5) is 37.2. The highest BCUT2D eigenvalue weighted by Gasteiger charge is 2.21. The van der Waals surface area contributed by atoms with E-state index in [4.69, 9.17) is 21.1 Å². The minimum Gasteiger partial charge on any atom is -0.482 e. The Morgan fingerprint density at radius 3 is 2.61 bits per heavy atom. The second-order valence-electron chi connectivity index (χ2n) is 6.15. The fraction of sp³-hybridized carbons (Fsp3) is 0.250. The Morgan fingerprint density at radius 2 is 1.89 bits per heavy atom. The molecule has 0 atom stereocenters. The zero-order valence-corrected chi connectivity index (χ0v) is 15.8. The van der Waals surface area contributed by atoms with Crippen molar-refractivity contribution in [1.82, 2.24) is 0 Å². The highest BCUT2D eigenvalue weighted by Crippen LogP contribution is 2.24. The summed E-state index contributed by atoms with van der Waals surface area (Å²) >= 11 is 5.77. The van der Waals surface area contributed by atoms with Crippen molar-refractivity contribution in [3.63, 3.8) is 0 Å². The van der Waals surface area contributed by atoms with Crippen LogP contribution in [0.4, 0.5) is 11.4 Å². The van der Waals surface area contributed by atoms with Crippen LogP contribution in [0.25, 0.3) is 0 Å². The number of nitrogens with one attached hydrogen (secondary N) is 1. The van der Waals surface area contributed by atoms with Crippen molar-refractivity contribution >= 4 is 40.8 Å². The fourth-order valence-corrected chi connectivity index (χ4v) is 2.86. The minimum absolute atomic E-state index is 0.0677. The van der Waals surface area contributed by atoms with Crippen molar-refractivity contribution in [2.75, 3.05) is 30.0 Å². The molecule has 3 rings (SSSR count). The third kappa shape index (κ3) is 5.47. The van der Waals surface area contributed by atoms with Gasteiger partial charge >= 0.3 is 5.97 Å². The van der Waals surface area contributed by atoms with Gasteiger partial charge in [0.15, 0.2) is 13.2 Å². The first kappa shape index (κ1) is 19.7. The highest BCUT2D eigenvalue weighted by molar-refractivity contribution is 6.30. The zero-order valence-electron chi connectivity index (χ0n) is 15.0. The predicted octanol–water partition coefficient (Wildman–Crippen LogP) is 3.03. The van der Waals surface area contributed by atoms with Crippen LogP contribution >= 0.6 is 11.6 Å². The maximum atomic E-state index is 12.0. The molecular formula is C20H19ClN2O5. The van der Waals surface area contributed by atoms with E-state index in [1.54, 1.807) is 47.4 Å². The van der Waals surface area contributed by atoms with Crippen LogP contribution < -0.4 is 15.0 Å². The minimum atomic E-state index is -0.665. The van der Waals surface area contributed by atoms with Crippen LogP contribution in [-0.2, 0) is 19.1 Å². The molecule has 0 radical (unpaired) electrons. The maximum Gasteiger partial charge on any atom is 0.344 e. The summed E-state index contributed by atoms with van der Waals surface area (Å²) in [6.45, 7) is -0.0847. The van der Waals surface area contributed by atoms with E-state index >= 15 is 0 Å². The fourth-order valence-electron chi connectivity index (χ4n) is 2.73. The summed E-state index contributed by atoms with van der Waals surface area (Å²) in [6, 6.07) is 13.5. The van der Waals surface area contributed by atoms with Gasteiger partial charge < -0.3 is 19.7 Å². The van der Waals surface area contributed by atoms with E-state index in [9.17, 15) is 14.4 Å². The van der Waals surface area contributed by atoms with E-state index in [-0.39, 0.29) is 12.5 Å². The van der Waals surface area contributed by atoms with Crippen molar-refractivity contribution in [3.05, 3.63) is 53.6 Å². The van der Waals surface area contributed by atoms with Gasteiger partial charge in [-0.25, -0.2) is 4.79 Å². The van der Waals surface area contributed by atoms with Gasteiger partial charge in [-0.2, -0.15) is 0 Å². The second kappa shape index (κ2) is 9.23. The number of anilines is 2. The molecule has 2 amide bonds. The van der Waals surface area contributed by atoms with Gasteiger partial charge in [-0.3, -0.25) is 9.59 Å². The lowest BCUT2D eigenvalue weighted by Crippen LogP contribution is -2.25. The Bertz CT molecular complexity index is 869. The first-order valence-corrected chi connectivity index (χ1v) is 9.13. The van der Waals surface area contributed by atoms with Crippen LogP contribution in [-0.4, -0.2) is 37.5 Å². The molecule has 1 saturated heterocycles. The molecule has 2 aromatic rings. The third-order valence-electron chi connectivity index (χ3n) is 4.05. The Morgan fingerprint density at radius 1 is 1.11 bits per heavy atom. The lowest BCUT2D eigenvalue weighted by atomic mass is 10.2. The number of carbonyl (C=O) groups excluding carboxylic acids is 3. The first-order valence-electron chi connectivity index (χ1n) is 8.75. The molecule has 0 saturated carbocycles. The number of nitrogens with zero attached hydrogens (tertiary/aromatic N) is 1. The number of esters is 1. The molecule has 7 nitrogen and oxygen atoms in total. The van der Waals surface area contributed by atoms with Gasteiger partial charge in [0.05, 0.1) is 0 Å². The summed E-state index contributed by atoms with van der Waals surface area (Å²) < 4.78 is 10.2. The van der Waals surface area contributed by atoms with Crippen LogP contribution in [0.3, 0.4) is 0 Å². The summed E-state index contributed by atoms with van der Waals surface area (Å²) in [5.74, 6) is -0.608. The molecule has 0 aromatic heterocycles. The molecule has 0 spiro atoms. The molecule has 8 heteroatoms. The lowest BCUT2D eigenvalue weighted by Gasteiger charge is -2.16. The van der Waals surface area contributed by atoms with Crippen molar-refractivity contribution in [2.24, 2.45) is 0 Å². The van der Waals surface area contributed by atoms with E-state index in [1.807, 2.05) is 6.07 Å². The molecule has 0 bridgehead atoms. The molecule has 0 unspecified atom stereocenters. The van der Waals surface area contributed by atoms with Gasteiger partial charge in [-0.05, 0) is 48.9 Å². The average Bonchev–Trinajstić information content (AvgIpc) is 3.12. The Balaban J connectivity index is 1.44. The number of halogens is 1. The molecule has 2 aromatic carbocycles. The van der Waals surface area contributed by atoms with Gasteiger partial charge in [-0.15, -0.1) is 0 Å². The van der Waals surface area contributed by atoms with Gasteiger partial charge in [0.1, 0.15) is 5.75 Å². The van der Waals surface area contributed by atoms with Gasteiger partial charge in [0, 0.05) is 29.4 Å². The van der Waals surface area contributed by atoms with Crippen LogP contribution in [0.15, 0.2) is 48.5 Å². The summed E-state index contributed by atoms with van der Waals surface area (Å²) in [5, 5.41) is 3.21. The molecule has 1 heterocycles. The van der Waals surface area contributed by atoms with Crippen LogP contribution in [0, 0.1) is 0 Å². The lowest BCUT2D eigenvalue weighted by molar-refractivity contribution is -0.149. The molecule has 1 N–H and O–H groups in total. The van der Waals surface area contributed by atoms with E-state index < -0.39 is 18.5 Å². The Labute approximate surface area is 167 Å². The topological polar surface area (TPSA) is 84.9 Å². The van der Waals surface area contributed by atoms with Crippen molar-refractivity contribution in [2.45, 2.75) is 12.8 Å². The Hall–Kier alpha value is -3.06. The van der Waals surface area contributed by atoms with Crippen molar-refractivity contribution < 1.29 is 23.9 Å². The molecule has 1 aliphatic rings. The number of amides is 2. The second-order valence-corrected chi connectivity index (χ2v) is 6.59. The van der Waals surface area contributed by atoms with E-state index in [0.717, 1.165) is 12.1 Å². The summed E-state index contributed by atoms with van der Waals surface area (Å²) in [7, 11) is 0. The molecule has 146 valence electrons. The number of rotatable bonds is 7. The number of benzene rings is 2. The monoisotopic (exact) mass is 402 g/mol. The van der Waals surface area contributed by atoms with Crippen molar-refractivity contribution in [1.29, 1.82) is 0 Å². The number of hydrogen-bond donors (Lipinski definition) is 1. The molecule has 1 aliphatic heterocycles. The number of ether oxygens (including phenoxy) is 2. The molecular weight excluding hydrogens is 384 g/mol. The zero-order chi connectivity index (χ0) is 19.9. The van der Waals surface area contributed by atoms with E-state index in [0.29, 0.717) is 29.4 Å². The van der Waals surface area contributed by atoms with E-state index in [2.05, 4.69) is 5.32 Å². The third-order valence-corrected chi connectivity index (χ3v) is 4.30. The molecule has 0 aliphatic carbocycles. The van der Waals surface area contributed by atoms with Crippen LogP contribution in [0.2, 0.25) is 5.02 Å². The normalized spacial score (nSPS) is 13.3. The quantitative estimate of drug-likeness (QED) is 0.719. The standard InChI is InChI=1S/C20H19ClN2O5/c21-14-6-8-17(9-7-14)27-13-20(26)28-12-18(24)22-15-3-1-4-16(11-15)23-10-2-5-19(23)25/h1,3-4,6-9,11H,2,5,10,12-13H2,(H,22,24). The smallest absolute Gasteiger partial charge is 0.344 e. The number of hydrogen-bond acceptors (Lipinski definition) is 5. The number of carbonyl (C=O) groups is 3.